The van der Waals surface area contributed by atoms with Crippen LogP contribution >= 0.6 is 23.1 Å². The predicted molar refractivity (Wildman–Crippen MR) is 67.9 cm³/mol. The lowest BCUT2D eigenvalue weighted by Crippen LogP contribution is -2.04. The van der Waals surface area contributed by atoms with Crippen molar-refractivity contribution >= 4 is 23.1 Å². The summed E-state index contributed by atoms with van der Waals surface area (Å²) in [5.41, 5.74) is 0.991. The zero-order chi connectivity index (χ0) is 13.2. The van der Waals surface area contributed by atoms with Crippen LogP contribution in [0.2, 0.25) is 0 Å². The van der Waals surface area contributed by atoms with E-state index in [4.69, 9.17) is 0 Å². The summed E-state index contributed by atoms with van der Waals surface area (Å²) in [6.07, 6.45) is -4.28. The normalized spacial score (nSPS) is 11.8. The first-order chi connectivity index (χ1) is 8.45. The van der Waals surface area contributed by atoms with Gasteiger partial charge in [0.05, 0.1) is 5.56 Å². The monoisotopic (exact) mass is 289 g/mol. The van der Waals surface area contributed by atoms with E-state index in [9.17, 15) is 13.2 Å². The van der Waals surface area contributed by atoms with E-state index in [1.807, 2.05) is 12.3 Å². The average molecular weight is 289 g/mol. The van der Waals surface area contributed by atoms with Crippen LogP contribution in [0.15, 0.2) is 34.0 Å². The number of rotatable bonds is 3. The second-order valence-corrected chi connectivity index (χ2v) is 5.82. The maximum atomic E-state index is 12.5. The van der Waals surface area contributed by atoms with Gasteiger partial charge in [-0.15, -0.1) is 11.3 Å². The summed E-state index contributed by atoms with van der Waals surface area (Å²) in [6.45, 7) is 1.89. The molecule has 0 spiro atoms. The molecule has 1 heterocycles. The first kappa shape index (κ1) is 13.4. The van der Waals surface area contributed by atoms with Crippen molar-refractivity contribution in [1.82, 2.24) is 4.98 Å². The van der Waals surface area contributed by atoms with Gasteiger partial charge in [-0.05, 0) is 18.6 Å². The second kappa shape index (κ2) is 5.32. The highest BCUT2D eigenvalue weighted by molar-refractivity contribution is 8.00. The van der Waals surface area contributed by atoms with Crippen LogP contribution in [0.3, 0.4) is 0 Å². The molecule has 0 atom stereocenters. The van der Waals surface area contributed by atoms with Gasteiger partial charge in [0.25, 0.3) is 0 Å². The molecule has 1 aromatic heterocycles. The van der Waals surface area contributed by atoms with Gasteiger partial charge in [-0.25, -0.2) is 4.98 Å². The Balaban J connectivity index is 2.06. The maximum absolute atomic E-state index is 12.5. The maximum Gasteiger partial charge on any atom is 0.416 e. The molecule has 0 unspecified atom stereocenters. The Kier molecular flexibility index (Phi) is 3.97. The van der Waals surface area contributed by atoms with Crippen molar-refractivity contribution in [2.45, 2.75) is 23.2 Å². The van der Waals surface area contributed by atoms with E-state index >= 15 is 0 Å². The summed E-state index contributed by atoms with van der Waals surface area (Å²) < 4.78 is 38.4. The van der Waals surface area contributed by atoms with Crippen LogP contribution in [-0.4, -0.2) is 4.98 Å². The van der Waals surface area contributed by atoms with E-state index in [2.05, 4.69) is 4.98 Å². The minimum absolute atomic E-state index is 0.497. The van der Waals surface area contributed by atoms with Crippen molar-refractivity contribution in [3.05, 3.63) is 46.5 Å². The van der Waals surface area contributed by atoms with Gasteiger partial charge in [0.15, 0.2) is 0 Å². The zero-order valence-electron chi connectivity index (χ0n) is 9.49. The number of benzene rings is 1. The first-order valence-electron chi connectivity index (χ1n) is 5.16. The van der Waals surface area contributed by atoms with Crippen molar-refractivity contribution in [2.24, 2.45) is 0 Å². The lowest BCUT2D eigenvalue weighted by atomic mass is 10.1. The number of hydrogen-bond donors (Lipinski definition) is 0. The first-order valence-corrected chi connectivity index (χ1v) is 7.03. The number of alkyl halides is 3. The smallest absolute Gasteiger partial charge is 0.235 e. The standard InChI is InChI=1S/C12H10F3NS2/c1-8-6-17-11(16-8)18-7-9-3-2-4-10(5-9)12(13,14)15/h2-6H,7H2,1H3. The van der Waals surface area contributed by atoms with Crippen LogP contribution in [0, 0.1) is 6.92 Å². The van der Waals surface area contributed by atoms with Crippen molar-refractivity contribution < 1.29 is 13.2 Å². The SMILES string of the molecule is Cc1csc(SCc2cccc(C(F)(F)F)c2)n1. The number of thioether (sulfide) groups is 1. The van der Waals surface area contributed by atoms with Gasteiger partial charge in [-0.1, -0.05) is 30.0 Å². The van der Waals surface area contributed by atoms with Crippen LogP contribution in [0.25, 0.3) is 0 Å². The summed E-state index contributed by atoms with van der Waals surface area (Å²) in [5.74, 6) is 0.497. The quantitative estimate of drug-likeness (QED) is 0.755. The fourth-order valence-electron chi connectivity index (χ4n) is 1.38. The molecule has 0 fully saturated rings. The molecule has 0 saturated heterocycles. The number of halogens is 3. The van der Waals surface area contributed by atoms with Crippen molar-refractivity contribution in [3.63, 3.8) is 0 Å². The van der Waals surface area contributed by atoms with E-state index in [-0.39, 0.29) is 0 Å². The Morgan fingerprint density at radius 3 is 2.72 bits per heavy atom. The number of nitrogens with zero attached hydrogens (tertiary/aromatic N) is 1. The molecule has 0 saturated carbocycles. The van der Waals surface area contributed by atoms with Gasteiger partial charge in [-0.3, -0.25) is 0 Å². The molecule has 96 valence electrons. The molecule has 0 aliphatic carbocycles. The zero-order valence-corrected chi connectivity index (χ0v) is 11.1. The molecule has 0 bridgehead atoms. The fourth-order valence-corrected chi connectivity index (χ4v) is 3.17. The van der Waals surface area contributed by atoms with Gasteiger partial charge in [0.1, 0.15) is 4.34 Å². The Morgan fingerprint density at radius 2 is 2.11 bits per heavy atom. The topological polar surface area (TPSA) is 12.9 Å². The molecule has 6 heteroatoms. The molecule has 2 aromatic rings. The highest BCUT2D eigenvalue weighted by atomic mass is 32.2. The van der Waals surface area contributed by atoms with Gasteiger partial charge in [0, 0.05) is 16.8 Å². The summed E-state index contributed by atoms with van der Waals surface area (Å²) in [5, 5.41) is 1.93. The summed E-state index contributed by atoms with van der Waals surface area (Å²) in [7, 11) is 0. The molecule has 0 aliphatic rings. The molecule has 0 amide bonds. The third-order valence-electron chi connectivity index (χ3n) is 2.21. The van der Waals surface area contributed by atoms with Crippen LogP contribution in [0.5, 0.6) is 0 Å². The lowest BCUT2D eigenvalue weighted by Gasteiger charge is -2.07. The summed E-state index contributed by atoms with van der Waals surface area (Å²) in [6, 6.07) is 5.41. The third kappa shape index (κ3) is 3.49. The van der Waals surface area contributed by atoms with Crippen LogP contribution in [0.4, 0.5) is 13.2 Å². The van der Waals surface area contributed by atoms with E-state index < -0.39 is 11.7 Å². The predicted octanol–water partition coefficient (Wildman–Crippen LogP) is 4.76. The fraction of sp³-hybridized carbons (Fsp3) is 0.250. The summed E-state index contributed by atoms with van der Waals surface area (Å²) >= 11 is 2.96. The second-order valence-electron chi connectivity index (χ2n) is 3.74. The van der Waals surface area contributed by atoms with Crippen molar-refractivity contribution in [2.75, 3.05) is 0 Å². The van der Waals surface area contributed by atoms with Gasteiger partial charge in [0.2, 0.25) is 0 Å². The minimum atomic E-state index is -4.28. The van der Waals surface area contributed by atoms with Gasteiger partial charge < -0.3 is 0 Å². The molecular formula is C12H10F3NS2. The molecule has 2 rings (SSSR count). The Morgan fingerprint density at radius 1 is 1.33 bits per heavy atom. The Bertz CT molecular complexity index is 534. The lowest BCUT2D eigenvalue weighted by molar-refractivity contribution is -0.137. The van der Waals surface area contributed by atoms with Crippen molar-refractivity contribution in [3.8, 4) is 0 Å². The molecule has 0 aliphatic heterocycles. The molecule has 18 heavy (non-hydrogen) atoms. The minimum Gasteiger partial charge on any atom is -0.235 e. The Labute approximate surface area is 111 Å². The van der Waals surface area contributed by atoms with E-state index in [1.165, 1.54) is 35.2 Å². The van der Waals surface area contributed by atoms with E-state index in [1.54, 1.807) is 6.07 Å². The number of aromatic nitrogens is 1. The van der Waals surface area contributed by atoms with Gasteiger partial charge >= 0.3 is 6.18 Å². The molecule has 0 radical (unpaired) electrons. The molecular weight excluding hydrogens is 279 g/mol. The van der Waals surface area contributed by atoms with Crippen LogP contribution < -0.4 is 0 Å². The van der Waals surface area contributed by atoms with Crippen LogP contribution in [0.1, 0.15) is 16.8 Å². The number of thiazole rings is 1. The number of aryl methyl sites for hydroxylation is 1. The van der Waals surface area contributed by atoms with E-state index in [0.29, 0.717) is 11.3 Å². The summed E-state index contributed by atoms with van der Waals surface area (Å²) in [4.78, 5) is 4.26. The number of hydrogen-bond acceptors (Lipinski definition) is 3. The van der Waals surface area contributed by atoms with Crippen LogP contribution in [-0.2, 0) is 11.9 Å². The largest absolute Gasteiger partial charge is 0.416 e. The highest BCUT2D eigenvalue weighted by Crippen LogP contribution is 2.31. The molecule has 0 N–H and O–H groups in total. The Hall–Kier alpha value is -1.01. The highest BCUT2D eigenvalue weighted by Gasteiger charge is 2.30. The third-order valence-corrected chi connectivity index (χ3v) is 4.42. The molecule has 1 nitrogen and oxygen atoms in total. The van der Waals surface area contributed by atoms with Gasteiger partial charge in [-0.2, -0.15) is 13.2 Å². The average Bonchev–Trinajstić information content (AvgIpc) is 2.72. The van der Waals surface area contributed by atoms with Crippen molar-refractivity contribution in [1.29, 1.82) is 0 Å². The molecule has 1 aromatic carbocycles. The van der Waals surface area contributed by atoms with E-state index in [0.717, 1.165) is 16.1 Å².